The Morgan fingerprint density at radius 1 is 0.913 bits per heavy atom. The van der Waals surface area contributed by atoms with Crippen LogP contribution in [0.3, 0.4) is 0 Å². The van der Waals surface area contributed by atoms with Gasteiger partial charge in [-0.3, -0.25) is 9.59 Å². The highest BCUT2D eigenvalue weighted by Crippen LogP contribution is 2.30. The molecule has 0 aliphatic heterocycles. The highest BCUT2D eigenvalue weighted by atomic mass is 16.3. The molecule has 0 saturated heterocycles. The quantitative estimate of drug-likeness (QED) is 0.947. The lowest BCUT2D eigenvalue weighted by Gasteiger charge is -2.20. The zero-order valence-electron chi connectivity index (χ0n) is 13.0. The fourth-order valence-corrected chi connectivity index (χ4v) is 2.67. The number of Topliss-reactive ketones (excluding diaryl/α,β-unsaturated/α-hetero) is 1. The molecule has 0 radical (unpaired) electrons. The lowest BCUT2D eigenvalue weighted by Crippen LogP contribution is -2.21. The van der Waals surface area contributed by atoms with Crippen LogP contribution in [-0.4, -0.2) is 30.8 Å². The van der Waals surface area contributed by atoms with Crippen LogP contribution in [-0.2, 0) is 0 Å². The molecule has 0 amide bonds. The first-order chi connectivity index (χ1) is 11.0. The van der Waals surface area contributed by atoms with E-state index in [0.717, 1.165) is 5.69 Å². The molecule has 23 heavy (non-hydrogen) atoms. The van der Waals surface area contributed by atoms with Crippen molar-refractivity contribution in [2.24, 2.45) is 0 Å². The molecule has 116 valence electrons. The minimum Gasteiger partial charge on any atom is -0.384 e. The molecule has 1 aliphatic rings. The van der Waals surface area contributed by atoms with Crippen molar-refractivity contribution in [3.8, 4) is 0 Å². The molecule has 4 heteroatoms. The highest BCUT2D eigenvalue weighted by molar-refractivity contribution is 6.24. The van der Waals surface area contributed by atoms with Crippen LogP contribution in [0, 0.1) is 0 Å². The number of nitrogens with zero attached hydrogens (tertiary/aromatic N) is 1. The molecule has 4 nitrogen and oxygen atoms in total. The molecule has 2 aromatic rings. The van der Waals surface area contributed by atoms with Crippen LogP contribution in [0.5, 0.6) is 0 Å². The van der Waals surface area contributed by atoms with Gasteiger partial charge in [0.2, 0.25) is 0 Å². The zero-order chi connectivity index (χ0) is 16.6. The van der Waals surface area contributed by atoms with Crippen molar-refractivity contribution < 1.29 is 14.7 Å². The van der Waals surface area contributed by atoms with Crippen molar-refractivity contribution in [1.29, 1.82) is 0 Å². The lowest BCUT2D eigenvalue weighted by molar-refractivity contribution is 0.0947. The summed E-state index contributed by atoms with van der Waals surface area (Å²) in [6.07, 6.45) is 0.130. The van der Waals surface area contributed by atoms with Crippen LogP contribution in [0.4, 0.5) is 5.69 Å². The molecule has 0 bridgehead atoms. The SMILES string of the molecule is CN(C)c1ccc(C(O)C2=CC(=O)c3ccccc3C2=O)cc1. The Morgan fingerprint density at radius 2 is 1.52 bits per heavy atom. The van der Waals surface area contributed by atoms with Crippen LogP contribution in [0.25, 0.3) is 0 Å². The van der Waals surface area contributed by atoms with Crippen molar-refractivity contribution in [2.45, 2.75) is 6.10 Å². The second-order valence-corrected chi connectivity index (χ2v) is 5.73. The van der Waals surface area contributed by atoms with Crippen LogP contribution in [0.15, 0.2) is 60.2 Å². The number of carbonyl (C=O) groups is 2. The van der Waals surface area contributed by atoms with Crippen LogP contribution in [0.1, 0.15) is 32.4 Å². The fourth-order valence-electron chi connectivity index (χ4n) is 2.67. The number of fused-ring (bicyclic) bond motifs is 1. The molecular weight excluding hydrogens is 290 g/mol. The second kappa shape index (κ2) is 5.82. The molecular formula is C19H17NO3. The first-order valence-corrected chi connectivity index (χ1v) is 7.34. The first kappa shape index (κ1) is 15.2. The van der Waals surface area contributed by atoms with E-state index in [2.05, 4.69) is 0 Å². The lowest BCUT2D eigenvalue weighted by atomic mass is 9.85. The number of hydrogen-bond donors (Lipinski definition) is 1. The number of rotatable bonds is 3. The van der Waals surface area contributed by atoms with Crippen molar-refractivity contribution in [3.05, 3.63) is 76.9 Å². The van der Waals surface area contributed by atoms with E-state index in [4.69, 9.17) is 0 Å². The van der Waals surface area contributed by atoms with Gasteiger partial charge in [-0.1, -0.05) is 36.4 Å². The molecule has 3 rings (SSSR count). The summed E-state index contributed by atoms with van der Waals surface area (Å²) in [5.41, 5.74) is 2.43. The monoisotopic (exact) mass is 307 g/mol. The number of anilines is 1. The maximum Gasteiger partial charge on any atom is 0.192 e. The first-order valence-electron chi connectivity index (χ1n) is 7.34. The molecule has 1 N–H and O–H groups in total. The third-order valence-corrected chi connectivity index (χ3v) is 4.01. The Bertz CT molecular complexity index is 804. The number of aliphatic hydroxyl groups is 1. The average molecular weight is 307 g/mol. The van der Waals surface area contributed by atoms with E-state index in [1.807, 2.05) is 31.1 Å². The predicted molar refractivity (Wildman–Crippen MR) is 88.9 cm³/mol. The number of ketones is 2. The van der Waals surface area contributed by atoms with Crippen molar-refractivity contribution >= 4 is 17.3 Å². The largest absolute Gasteiger partial charge is 0.384 e. The van der Waals surface area contributed by atoms with Gasteiger partial charge in [-0.05, 0) is 23.8 Å². The number of carbonyl (C=O) groups excluding carboxylic acids is 2. The summed E-state index contributed by atoms with van der Waals surface area (Å²) in [5.74, 6) is -0.552. The standard InChI is InChI=1S/C19H17NO3/c1-20(2)13-9-7-12(8-10-13)18(22)16-11-17(21)14-5-3-4-6-15(14)19(16)23/h3-11,18,22H,1-2H3. The van der Waals surface area contributed by atoms with Gasteiger partial charge >= 0.3 is 0 Å². The van der Waals surface area contributed by atoms with E-state index < -0.39 is 6.10 Å². The van der Waals surface area contributed by atoms with Gasteiger partial charge in [0, 0.05) is 36.5 Å². The minimum absolute atomic E-state index is 0.117. The number of aliphatic hydroxyl groups excluding tert-OH is 1. The summed E-state index contributed by atoms with van der Waals surface area (Å²) in [6.45, 7) is 0. The average Bonchev–Trinajstić information content (AvgIpc) is 2.57. The van der Waals surface area contributed by atoms with E-state index in [0.29, 0.717) is 16.7 Å². The summed E-state index contributed by atoms with van der Waals surface area (Å²) in [4.78, 5) is 26.7. The van der Waals surface area contributed by atoms with Gasteiger partial charge in [-0.2, -0.15) is 0 Å². The normalized spacial score (nSPS) is 15.0. The molecule has 0 aromatic heterocycles. The summed E-state index contributed by atoms with van der Waals surface area (Å²) in [7, 11) is 3.85. The fraction of sp³-hybridized carbons (Fsp3) is 0.158. The Morgan fingerprint density at radius 3 is 2.13 bits per heavy atom. The van der Waals surface area contributed by atoms with Crippen LogP contribution in [0.2, 0.25) is 0 Å². The topological polar surface area (TPSA) is 57.6 Å². The van der Waals surface area contributed by atoms with E-state index in [1.165, 1.54) is 6.08 Å². The van der Waals surface area contributed by atoms with Crippen LogP contribution >= 0.6 is 0 Å². The van der Waals surface area contributed by atoms with Gasteiger partial charge in [0.05, 0.1) is 0 Å². The number of benzene rings is 2. The molecule has 0 heterocycles. The summed E-state index contributed by atoms with van der Waals surface area (Å²) in [6, 6.07) is 13.9. The maximum atomic E-state index is 12.6. The van der Waals surface area contributed by atoms with E-state index in [1.54, 1.807) is 36.4 Å². The van der Waals surface area contributed by atoms with E-state index in [-0.39, 0.29) is 17.1 Å². The molecule has 0 saturated carbocycles. The van der Waals surface area contributed by atoms with E-state index >= 15 is 0 Å². The van der Waals surface area contributed by atoms with E-state index in [9.17, 15) is 14.7 Å². The molecule has 0 spiro atoms. The second-order valence-electron chi connectivity index (χ2n) is 5.73. The summed E-state index contributed by atoms with van der Waals surface area (Å²) in [5, 5.41) is 10.5. The molecule has 1 atom stereocenters. The van der Waals surface area contributed by atoms with Crippen molar-refractivity contribution in [1.82, 2.24) is 0 Å². The number of hydrogen-bond acceptors (Lipinski definition) is 4. The Balaban J connectivity index is 1.95. The van der Waals surface area contributed by atoms with Gasteiger partial charge in [-0.25, -0.2) is 0 Å². The van der Waals surface area contributed by atoms with Gasteiger partial charge < -0.3 is 10.0 Å². The highest BCUT2D eigenvalue weighted by Gasteiger charge is 2.29. The predicted octanol–water partition coefficient (Wildman–Crippen LogP) is 2.79. The van der Waals surface area contributed by atoms with Crippen molar-refractivity contribution in [2.75, 3.05) is 19.0 Å². The maximum absolute atomic E-state index is 12.6. The molecule has 1 unspecified atom stereocenters. The molecule has 1 aliphatic carbocycles. The Hall–Kier alpha value is -2.72. The Kier molecular flexibility index (Phi) is 3.84. The van der Waals surface area contributed by atoms with Gasteiger partial charge in [0.1, 0.15) is 6.10 Å². The minimum atomic E-state index is -1.11. The Labute approximate surface area is 134 Å². The molecule has 0 fully saturated rings. The third kappa shape index (κ3) is 2.69. The van der Waals surface area contributed by atoms with Crippen LogP contribution < -0.4 is 4.90 Å². The number of allylic oxidation sites excluding steroid dienone is 1. The van der Waals surface area contributed by atoms with Crippen molar-refractivity contribution in [3.63, 3.8) is 0 Å². The third-order valence-electron chi connectivity index (χ3n) is 4.01. The smallest absolute Gasteiger partial charge is 0.192 e. The zero-order valence-corrected chi connectivity index (χ0v) is 13.0. The van der Waals surface area contributed by atoms with Gasteiger partial charge in [0.15, 0.2) is 11.6 Å². The molecule has 2 aromatic carbocycles. The van der Waals surface area contributed by atoms with Gasteiger partial charge in [-0.15, -0.1) is 0 Å². The van der Waals surface area contributed by atoms with Gasteiger partial charge in [0.25, 0.3) is 0 Å². The summed E-state index contributed by atoms with van der Waals surface area (Å²) >= 11 is 0. The summed E-state index contributed by atoms with van der Waals surface area (Å²) < 4.78 is 0.